The lowest BCUT2D eigenvalue weighted by Gasteiger charge is -2.12. The third kappa shape index (κ3) is 2.64. The molecule has 1 heterocycles. The molecule has 0 radical (unpaired) electrons. The minimum atomic E-state index is -0.240. The summed E-state index contributed by atoms with van der Waals surface area (Å²) in [5, 5.41) is 7.71. The molecule has 0 spiro atoms. The standard InChI is InChI=1S/C13H16FN3/c1-9(2)15-13-8-10(3)16-17(13)12-6-4-11(14)5-7-12/h4-9,15H,1-3H3. The van der Waals surface area contributed by atoms with Crippen LogP contribution in [0.5, 0.6) is 0 Å². The van der Waals surface area contributed by atoms with E-state index in [-0.39, 0.29) is 5.82 Å². The summed E-state index contributed by atoms with van der Waals surface area (Å²) < 4.78 is 14.7. The highest BCUT2D eigenvalue weighted by molar-refractivity contribution is 5.46. The number of nitrogens with one attached hydrogen (secondary N) is 1. The van der Waals surface area contributed by atoms with Crippen LogP contribution in [0, 0.1) is 12.7 Å². The van der Waals surface area contributed by atoms with E-state index in [0.29, 0.717) is 6.04 Å². The summed E-state index contributed by atoms with van der Waals surface area (Å²) in [6.07, 6.45) is 0. The van der Waals surface area contributed by atoms with Crippen LogP contribution in [0.4, 0.5) is 10.2 Å². The summed E-state index contributed by atoms with van der Waals surface area (Å²) in [4.78, 5) is 0. The molecular formula is C13H16FN3. The van der Waals surface area contributed by atoms with Crippen LogP contribution in [0.15, 0.2) is 30.3 Å². The van der Waals surface area contributed by atoms with Gasteiger partial charge in [-0.05, 0) is 45.0 Å². The van der Waals surface area contributed by atoms with Crippen LogP contribution >= 0.6 is 0 Å². The van der Waals surface area contributed by atoms with Gasteiger partial charge >= 0.3 is 0 Å². The van der Waals surface area contributed by atoms with E-state index in [0.717, 1.165) is 17.2 Å². The molecule has 90 valence electrons. The van der Waals surface area contributed by atoms with Crippen LogP contribution in [0.25, 0.3) is 5.69 Å². The molecule has 0 aliphatic rings. The zero-order valence-electron chi connectivity index (χ0n) is 10.2. The third-order valence-electron chi connectivity index (χ3n) is 2.34. The largest absolute Gasteiger partial charge is 0.368 e. The maximum absolute atomic E-state index is 12.9. The lowest BCUT2D eigenvalue weighted by Crippen LogP contribution is -2.13. The summed E-state index contributed by atoms with van der Waals surface area (Å²) in [6.45, 7) is 6.07. The van der Waals surface area contributed by atoms with Crippen molar-refractivity contribution in [2.45, 2.75) is 26.8 Å². The number of benzene rings is 1. The van der Waals surface area contributed by atoms with E-state index in [1.807, 2.05) is 13.0 Å². The summed E-state index contributed by atoms with van der Waals surface area (Å²) in [5.74, 6) is 0.681. The van der Waals surface area contributed by atoms with Crippen LogP contribution in [-0.2, 0) is 0 Å². The van der Waals surface area contributed by atoms with Gasteiger partial charge in [0, 0.05) is 12.1 Å². The molecule has 0 saturated carbocycles. The van der Waals surface area contributed by atoms with Crippen molar-refractivity contribution in [3.05, 3.63) is 41.8 Å². The van der Waals surface area contributed by atoms with Gasteiger partial charge in [0.25, 0.3) is 0 Å². The van der Waals surface area contributed by atoms with Gasteiger partial charge in [0.1, 0.15) is 11.6 Å². The van der Waals surface area contributed by atoms with Crippen LogP contribution in [0.3, 0.4) is 0 Å². The predicted octanol–water partition coefficient (Wildman–Crippen LogP) is 3.14. The maximum atomic E-state index is 12.9. The average Bonchev–Trinajstić information content (AvgIpc) is 2.59. The highest BCUT2D eigenvalue weighted by Crippen LogP contribution is 2.18. The summed E-state index contributed by atoms with van der Waals surface area (Å²) >= 11 is 0. The number of aromatic nitrogens is 2. The van der Waals surface area contributed by atoms with Crippen molar-refractivity contribution in [3.8, 4) is 5.69 Å². The second kappa shape index (κ2) is 4.57. The van der Waals surface area contributed by atoms with Gasteiger partial charge < -0.3 is 5.32 Å². The first-order valence-corrected chi connectivity index (χ1v) is 5.65. The Bertz CT molecular complexity index is 500. The summed E-state index contributed by atoms with van der Waals surface area (Å²) in [5.41, 5.74) is 1.78. The molecule has 17 heavy (non-hydrogen) atoms. The molecule has 0 amide bonds. The quantitative estimate of drug-likeness (QED) is 0.882. The lowest BCUT2D eigenvalue weighted by atomic mass is 10.3. The van der Waals surface area contributed by atoms with Gasteiger partial charge in [0.15, 0.2) is 0 Å². The Hall–Kier alpha value is -1.84. The number of nitrogens with zero attached hydrogens (tertiary/aromatic N) is 2. The highest BCUT2D eigenvalue weighted by Gasteiger charge is 2.08. The fraction of sp³-hybridized carbons (Fsp3) is 0.308. The Labute approximate surface area is 100 Å². The number of hydrogen-bond acceptors (Lipinski definition) is 2. The Kier molecular flexibility index (Phi) is 3.13. The molecule has 3 nitrogen and oxygen atoms in total. The number of anilines is 1. The molecule has 0 bridgehead atoms. The maximum Gasteiger partial charge on any atom is 0.130 e. The van der Waals surface area contributed by atoms with Crippen LogP contribution in [0.2, 0.25) is 0 Å². The van der Waals surface area contributed by atoms with Crippen molar-refractivity contribution in [2.75, 3.05) is 5.32 Å². The smallest absolute Gasteiger partial charge is 0.130 e. The van der Waals surface area contributed by atoms with Crippen molar-refractivity contribution in [2.24, 2.45) is 0 Å². The highest BCUT2D eigenvalue weighted by atomic mass is 19.1. The van der Waals surface area contributed by atoms with E-state index in [9.17, 15) is 4.39 Å². The fourth-order valence-corrected chi connectivity index (χ4v) is 1.68. The van der Waals surface area contributed by atoms with Crippen LogP contribution in [0.1, 0.15) is 19.5 Å². The summed E-state index contributed by atoms with van der Waals surface area (Å²) in [6, 6.07) is 8.60. The van der Waals surface area contributed by atoms with Gasteiger partial charge in [-0.1, -0.05) is 0 Å². The molecular weight excluding hydrogens is 217 g/mol. The third-order valence-corrected chi connectivity index (χ3v) is 2.34. The fourth-order valence-electron chi connectivity index (χ4n) is 1.68. The van der Waals surface area contributed by atoms with E-state index in [1.54, 1.807) is 16.8 Å². The SMILES string of the molecule is Cc1cc(NC(C)C)n(-c2ccc(F)cc2)n1. The molecule has 0 saturated heterocycles. The van der Waals surface area contributed by atoms with E-state index >= 15 is 0 Å². The van der Waals surface area contributed by atoms with Crippen LogP contribution < -0.4 is 5.32 Å². The zero-order valence-corrected chi connectivity index (χ0v) is 10.2. The molecule has 0 fully saturated rings. The van der Waals surface area contributed by atoms with Crippen molar-refractivity contribution in [1.82, 2.24) is 9.78 Å². The topological polar surface area (TPSA) is 29.9 Å². The molecule has 0 unspecified atom stereocenters. The average molecular weight is 233 g/mol. The Morgan fingerprint density at radius 3 is 2.47 bits per heavy atom. The Morgan fingerprint density at radius 2 is 1.88 bits per heavy atom. The molecule has 4 heteroatoms. The Morgan fingerprint density at radius 1 is 1.24 bits per heavy atom. The monoisotopic (exact) mass is 233 g/mol. The van der Waals surface area contributed by atoms with Crippen molar-refractivity contribution >= 4 is 5.82 Å². The first-order chi connectivity index (χ1) is 8.06. The van der Waals surface area contributed by atoms with Gasteiger partial charge in [-0.15, -0.1) is 0 Å². The predicted molar refractivity (Wildman–Crippen MR) is 67.0 cm³/mol. The van der Waals surface area contributed by atoms with E-state index in [1.165, 1.54) is 12.1 Å². The lowest BCUT2D eigenvalue weighted by molar-refractivity contribution is 0.627. The van der Waals surface area contributed by atoms with Crippen LogP contribution in [-0.4, -0.2) is 15.8 Å². The van der Waals surface area contributed by atoms with Gasteiger partial charge in [-0.25, -0.2) is 9.07 Å². The second-order valence-electron chi connectivity index (χ2n) is 4.36. The van der Waals surface area contributed by atoms with Gasteiger partial charge in [-0.3, -0.25) is 0 Å². The van der Waals surface area contributed by atoms with Gasteiger partial charge in [0.05, 0.1) is 11.4 Å². The van der Waals surface area contributed by atoms with Gasteiger partial charge in [0.2, 0.25) is 0 Å². The molecule has 0 atom stereocenters. The van der Waals surface area contributed by atoms with Gasteiger partial charge in [-0.2, -0.15) is 5.10 Å². The molecule has 2 rings (SSSR count). The molecule has 2 aromatic rings. The second-order valence-corrected chi connectivity index (χ2v) is 4.36. The number of halogens is 1. The first kappa shape index (κ1) is 11.6. The summed E-state index contributed by atoms with van der Waals surface area (Å²) in [7, 11) is 0. The minimum absolute atomic E-state index is 0.240. The normalized spacial score (nSPS) is 10.9. The van der Waals surface area contributed by atoms with E-state index in [2.05, 4.69) is 24.3 Å². The van der Waals surface area contributed by atoms with Crippen molar-refractivity contribution in [1.29, 1.82) is 0 Å². The molecule has 1 aromatic heterocycles. The molecule has 0 aliphatic heterocycles. The first-order valence-electron chi connectivity index (χ1n) is 5.65. The minimum Gasteiger partial charge on any atom is -0.368 e. The number of aryl methyl sites for hydroxylation is 1. The van der Waals surface area contributed by atoms with E-state index in [4.69, 9.17) is 0 Å². The molecule has 0 aliphatic carbocycles. The molecule has 1 N–H and O–H groups in total. The Balaban J connectivity index is 2.40. The molecule has 1 aromatic carbocycles. The zero-order chi connectivity index (χ0) is 12.4. The van der Waals surface area contributed by atoms with E-state index < -0.39 is 0 Å². The van der Waals surface area contributed by atoms with Crippen molar-refractivity contribution in [3.63, 3.8) is 0 Å². The van der Waals surface area contributed by atoms with Crippen molar-refractivity contribution < 1.29 is 4.39 Å². The number of hydrogen-bond donors (Lipinski definition) is 1. The number of rotatable bonds is 3.